The van der Waals surface area contributed by atoms with Gasteiger partial charge in [-0.15, -0.1) is 11.3 Å². The normalized spacial score (nSPS) is 8.32. The fourth-order valence-electron chi connectivity index (χ4n) is 2.33. The highest BCUT2D eigenvalue weighted by atomic mass is 32.2. The molecule has 2 heterocycles. The third kappa shape index (κ3) is 14.5. The second-order valence-corrected chi connectivity index (χ2v) is 8.84. The topological polar surface area (TPSA) is 183 Å². The lowest BCUT2D eigenvalue weighted by atomic mass is 10.3. The lowest BCUT2D eigenvalue weighted by Gasteiger charge is -1.95. The van der Waals surface area contributed by atoms with Crippen LogP contribution in [0, 0.1) is 47.8 Å². The van der Waals surface area contributed by atoms with Crippen LogP contribution in [0.4, 0.5) is 5.82 Å². The van der Waals surface area contributed by atoms with Gasteiger partial charge in [0.1, 0.15) is 29.3 Å². The van der Waals surface area contributed by atoms with Crippen molar-refractivity contribution in [1.82, 2.24) is 15.2 Å². The number of anilines is 1. The Morgan fingerprint density at radius 1 is 0.975 bits per heavy atom. The van der Waals surface area contributed by atoms with Gasteiger partial charge in [0.05, 0.1) is 40.1 Å². The summed E-state index contributed by atoms with van der Waals surface area (Å²) in [5, 5.41) is 31.9. The zero-order valence-electron chi connectivity index (χ0n) is 20.7. The molecule has 0 fully saturated rings. The minimum Gasteiger partial charge on any atom is -0.401 e. The summed E-state index contributed by atoms with van der Waals surface area (Å²) >= 11 is 2.94. The largest absolute Gasteiger partial charge is 0.401 e. The molecule has 10 nitrogen and oxygen atoms in total. The molecule has 0 spiro atoms. The molecule has 0 saturated carbocycles. The van der Waals surface area contributed by atoms with Gasteiger partial charge in [0, 0.05) is 10.6 Å². The molecular weight excluding hydrogens is 544 g/mol. The number of aromatic amines is 1. The van der Waals surface area contributed by atoms with Crippen LogP contribution < -0.4 is 11.5 Å². The summed E-state index contributed by atoms with van der Waals surface area (Å²) in [6, 6.07) is 23.2. The number of nitrogen functional groups attached to an aromatic ring is 1. The van der Waals surface area contributed by atoms with Crippen LogP contribution in [0.3, 0.4) is 0 Å². The molecule has 5 N–H and O–H groups in total. The number of hydrogen-bond donors (Lipinski definition) is 3. The summed E-state index contributed by atoms with van der Waals surface area (Å²) in [5.74, 6) is 0.273. The van der Waals surface area contributed by atoms with E-state index in [0.717, 1.165) is 21.1 Å². The Bertz CT molecular complexity index is 1340. The third-order valence-electron chi connectivity index (χ3n) is 4.05. The van der Waals surface area contributed by atoms with E-state index in [1.165, 1.54) is 30.8 Å². The van der Waals surface area contributed by atoms with Crippen LogP contribution >= 0.6 is 23.4 Å². The van der Waals surface area contributed by atoms with Crippen LogP contribution in [-0.4, -0.2) is 22.3 Å². The quantitative estimate of drug-likeness (QED) is 0.0963. The van der Waals surface area contributed by atoms with Crippen molar-refractivity contribution < 1.29 is 9.22 Å². The van der Waals surface area contributed by atoms with Gasteiger partial charge in [0.2, 0.25) is 0 Å². The van der Waals surface area contributed by atoms with E-state index in [-0.39, 0.29) is 39.4 Å². The number of para-hydroxylation sites is 1. The molecule has 40 heavy (non-hydrogen) atoms. The van der Waals surface area contributed by atoms with E-state index >= 15 is 0 Å². The van der Waals surface area contributed by atoms with Crippen LogP contribution in [-0.2, 0) is 9.22 Å². The van der Waals surface area contributed by atoms with Gasteiger partial charge in [-0.05, 0) is 45.0 Å². The summed E-state index contributed by atoms with van der Waals surface area (Å²) in [6.45, 7) is 5.30. The van der Waals surface area contributed by atoms with Gasteiger partial charge >= 0.3 is 0 Å². The highest BCUT2D eigenvalue weighted by Gasteiger charge is 2.03. The van der Waals surface area contributed by atoms with Crippen LogP contribution in [0.15, 0.2) is 70.8 Å². The van der Waals surface area contributed by atoms with Crippen molar-refractivity contribution in [2.75, 3.05) is 12.8 Å². The van der Waals surface area contributed by atoms with Crippen LogP contribution in [0.1, 0.15) is 45.5 Å². The van der Waals surface area contributed by atoms with Gasteiger partial charge in [-0.1, -0.05) is 52.6 Å². The number of aromatic nitrogens is 3. The maximum atomic E-state index is 8.40. The zero-order valence-corrected chi connectivity index (χ0v) is 22.4. The Balaban J connectivity index is -0.000000447. The molecule has 2 aromatic carbocycles. The van der Waals surface area contributed by atoms with E-state index < -0.39 is 0 Å². The fourth-order valence-corrected chi connectivity index (χ4v) is 3.57. The molecule has 0 aliphatic rings. The lowest BCUT2D eigenvalue weighted by molar-refractivity contribution is -0.160. The lowest BCUT2D eigenvalue weighted by Crippen LogP contribution is -1.94. The highest BCUT2D eigenvalue weighted by Crippen LogP contribution is 2.20. The molecule has 4 aromatic rings. The molecule has 2 aromatic heterocycles. The molecule has 0 aliphatic carbocycles. The molecule has 0 saturated heterocycles. The van der Waals surface area contributed by atoms with E-state index in [4.69, 9.17) is 27.3 Å². The number of hydrogen-bond acceptors (Lipinski definition) is 11. The summed E-state index contributed by atoms with van der Waals surface area (Å²) in [4.78, 5) is 9.77. The number of nitrogens with two attached hydrogens (primary N) is 2. The fraction of sp³-hybridized carbons (Fsp3) is 0.250. The Morgan fingerprint density at radius 2 is 1.55 bits per heavy atom. The second kappa shape index (κ2) is 22.6. The Labute approximate surface area is 246 Å². The number of nitrogens with zero attached hydrogens (tertiary/aromatic N) is 5. The van der Waals surface area contributed by atoms with Crippen molar-refractivity contribution >= 4 is 39.4 Å². The van der Waals surface area contributed by atoms with Crippen molar-refractivity contribution in [2.45, 2.75) is 47.9 Å². The van der Waals surface area contributed by atoms with Crippen LogP contribution in [0.2, 0.25) is 0 Å². The molecule has 4 rings (SSSR count). The van der Waals surface area contributed by atoms with E-state index in [9.17, 15) is 0 Å². The van der Waals surface area contributed by atoms with Gasteiger partial charge in [-0.2, -0.15) is 25.2 Å². The molecule has 12 heteroatoms. The molecule has 0 aliphatic heterocycles. The van der Waals surface area contributed by atoms with Crippen molar-refractivity contribution in [3.8, 4) is 18.2 Å². The van der Waals surface area contributed by atoms with Crippen molar-refractivity contribution in [2.24, 2.45) is 5.73 Å². The number of benzene rings is 2. The van der Waals surface area contributed by atoms with E-state index in [1.54, 1.807) is 30.4 Å². The number of rotatable bonds is 3. The summed E-state index contributed by atoms with van der Waals surface area (Å²) in [7, 11) is 1.48. The molecule has 0 amide bonds. The maximum Gasteiger partial charge on any atom is 0.163 e. The van der Waals surface area contributed by atoms with Gasteiger partial charge in [-0.3, -0.25) is 5.10 Å². The first kappa shape index (κ1) is 40.1. The highest BCUT2D eigenvalue weighted by molar-refractivity contribution is 7.94. The first-order valence-electron chi connectivity index (χ1n) is 10.5. The molecule has 214 valence electrons. The number of H-pyrrole nitrogens is 1. The minimum absolute atomic E-state index is 0. The number of aryl methyl sites for hydroxylation is 2. The Kier molecular flexibility index (Phi) is 22.7. The third-order valence-corrected chi connectivity index (χ3v) is 5.67. The van der Waals surface area contributed by atoms with Gasteiger partial charge < -0.3 is 11.5 Å². The maximum absolute atomic E-state index is 8.40. The van der Waals surface area contributed by atoms with Crippen LogP contribution in [0.5, 0.6) is 0 Å². The number of nitriles is 3. The average molecular weight is 583 g/mol. The number of nitrogens with one attached hydrogen (secondary N) is 1. The molecular formula is C28H38N8O2S2. The average Bonchev–Trinajstić information content (AvgIpc) is 3.44. The van der Waals surface area contributed by atoms with Crippen molar-refractivity contribution in [1.29, 1.82) is 15.8 Å². The van der Waals surface area contributed by atoms with Crippen molar-refractivity contribution in [3.05, 3.63) is 82.1 Å². The van der Waals surface area contributed by atoms with Gasteiger partial charge in [0.15, 0.2) is 5.82 Å². The van der Waals surface area contributed by atoms with E-state index in [2.05, 4.69) is 30.5 Å². The van der Waals surface area contributed by atoms with Crippen LogP contribution in [0.25, 0.3) is 10.2 Å². The Hall–Kier alpha value is -4.38. The zero-order chi connectivity index (χ0) is 27.6. The standard InChI is InChI=1S/C8H7NS.C7H8O2S.C5H6N4.C5H5N3.3CH4/c1-6-9-7-4-2-3-5-8(7)10-6;1-8-9-10-7-5-3-2-4-6-7;1-3-4(2-6)5(7)9-8-3;1-4(8)5(2-6)3-7;;;/h2-5H,1H3;2-6H,1H3;1H3,(H3,7,8,9);8H2,1H3;3*1H4. The van der Waals surface area contributed by atoms with Gasteiger partial charge in [0.25, 0.3) is 0 Å². The summed E-state index contributed by atoms with van der Waals surface area (Å²) in [6.07, 6.45) is 0. The molecule has 0 atom stereocenters. The first-order valence-corrected chi connectivity index (χ1v) is 12.0. The van der Waals surface area contributed by atoms with Gasteiger partial charge in [-0.25, -0.2) is 9.87 Å². The van der Waals surface area contributed by atoms with E-state index in [0.29, 0.717) is 5.56 Å². The Morgan fingerprint density at radius 3 is 1.95 bits per heavy atom. The number of thiazole rings is 1. The predicted octanol–water partition coefficient (Wildman–Crippen LogP) is 7.22. The summed E-state index contributed by atoms with van der Waals surface area (Å²) in [5.41, 5.74) is 12.9. The number of fused-ring (bicyclic) bond motifs is 1. The number of allylic oxidation sites excluding steroid dienone is 2. The minimum atomic E-state index is -0.00926. The molecule has 0 unspecified atom stereocenters. The summed E-state index contributed by atoms with van der Waals surface area (Å²) < 4.78 is 5.91. The van der Waals surface area contributed by atoms with Crippen molar-refractivity contribution in [3.63, 3.8) is 0 Å². The molecule has 0 bridgehead atoms. The SMILES string of the molecule is C.C.C.CC(N)=C(C#N)C#N.COOSc1ccccc1.Cc1[nH]nc(N)c1C#N.Cc1nc2ccccc2s1. The molecule has 0 radical (unpaired) electrons. The monoisotopic (exact) mass is 582 g/mol. The predicted molar refractivity (Wildman–Crippen MR) is 166 cm³/mol. The van der Waals surface area contributed by atoms with E-state index in [1.807, 2.05) is 61.5 Å². The smallest absolute Gasteiger partial charge is 0.163 e. The second-order valence-electron chi connectivity index (χ2n) is 6.83. The first-order chi connectivity index (χ1) is 17.8.